The maximum atomic E-state index is 6.23. The maximum absolute atomic E-state index is 6.23. The molecule has 4 heteroatoms. The van der Waals surface area contributed by atoms with E-state index in [-0.39, 0.29) is 0 Å². The van der Waals surface area contributed by atoms with Crippen molar-refractivity contribution >= 4 is 107 Å². The Labute approximate surface area is 270 Å². The monoisotopic (exact) mass is 621 g/mol. The number of benzene rings is 7. The third-order valence-corrected chi connectivity index (χ3v) is 11.9. The molecule has 4 aromatic heterocycles. The van der Waals surface area contributed by atoms with Crippen molar-refractivity contribution in [2.75, 3.05) is 0 Å². The minimum atomic E-state index is 0.926. The summed E-state index contributed by atoms with van der Waals surface area (Å²) in [6, 6.07) is 50.9. The Morgan fingerprint density at radius 2 is 1.17 bits per heavy atom. The van der Waals surface area contributed by atoms with Gasteiger partial charge in [0.2, 0.25) is 0 Å². The fourth-order valence-electron chi connectivity index (χ4n) is 7.59. The highest BCUT2D eigenvalue weighted by molar-refractivity contribution is 7.26. The maximum Gasteiger partial charge on any atom is 0.136 e. The number of aromatic nitrogens is 1. The molecule has 214 valence electrons. The van der Waals surface area contributed by atoms with E-state index in [1.165, 1.54) is 84.4 Å². The Balaban J connectivity index is 1.18. The molecule has 11 aromatic rings. The predicted octanol–water partition coefficient (Wildman–Crippen LogP) is 13.1. The van der Waals surface area contributed by atoms with Crippen LogP contribution < -0.4 is 0 Å². The molecule has 46 heavy (non-hydrogen) atoms. The molecule has 0 atom stereocenters. The third kappa shape index (κ3) is 3.30. The van der Waals surface area contributed by atoms with Crippen LogP contribution >= 0.6 is 22.7 Å². The first-order chi connectivity index (χ1) is 22.8. The van der Waals surface area contributed by atoms with E-state index in [0.717, 1.165) is 16.6 Å². The predicted molar refractivity (Wildman–Crippen MR) is 199 cm³/mol. The number of furan rings is 1. The van der Waals surface area contributed by atoms with Gasteiger partial charge >= 0.3 is 0 Å². The summed E-state index contributed by atoms with van der Waals surface area (Å²) in [6.07, 6.45) is 0. The minimum Gasteiger partial charge on any atom is -0.456 e. The lowest BCUT2D eigenvalue weighted by Crippen LogP contribution is -1.93. The largest absolute Gasteiger partial charge is 0.456 e. The molecule has 0 saturated heterocycles. The van der Waals surface area contributed by atoms with Gasteiger partial charge in [-0.2, -0.15) is 0 Å². The average Bonchev–Trinajstić information content (AvgIpc) is 3.85. The first-order valence-corrected chi connectivity index (χ1v) is 17.1. The van der Waals surface area contributed by atoms with Crippen LogP contribution in [0.4, 0.5) is 0 Å². The van der Waals surface area contributed by atoms with E-state index in [2.05, 4.69) is 138 Å². The number of para-hydroxylation sites is 2. The number of hydrogen-bond donors (Lipinski definition) is 0. The van der Waals surface area contributed by atoms with Crippen LogP contribution in [0.1, 0.15) is 0 Å². The summed E-state index contributed by atoms with van der Waals surface area (Å²) in [5, 5.41) is 10.2. The molecular formula is C42H23NOS2. The van der Waals surface area contributed by atoms with Crippen molar-refractivity contribution in [2.45, 2.75) is 0 Å². The molecule has 0 radical (unpaired) electrons. The molecule has 2 nitrogen and oxygen atoms in total. The molecular weight excluding hydrogens is 599 g/mol. The highest BCUT2D eigenvalue weighted by Crippen LogP contribution is 2.45. The standard InChI is InChI=1S/C42H23NOS2/c1-4-14-33-26(9-1)30-22-32-27-10-3-6-18-38(27)45-40(32)23-35(30)43(33)34-15-7-13-28-31-21-24(19-20-39(31)46-42(28)34)25-12-8-17-37-41(25)29-11-2-5-16-36(29)44-37/h1-23H. The molecule has 0 bridgehead atoms. The van der Waals surface area contributed by atoms with Crippen molar-refractivity contribution in [2.24, 2.45) is 0 Å². The van der Waals surface area contributed by atoms with E-state index >= 15 is 0 Å². The van der Waals surface area contributed by atoms with Gasteiger partial charge in [0, 0.05) is 57.2 Å². The second-order valence-electron chi connectivity index (χ2n) is 12.1. The van der Waals surface area contributed by atoms with Crippen LogP contribution in [0.5, 0.6) is 0 Å². The van der Waals surface area contributed by atoms with E-state index in [0.29, 0.717) is 0 Å². The molecule has 0 aliphatic heterocycles. The van der Waals surface area contributed by atoms with Crippen LogP contribution in [0.15, 0.2) is 144 Å². The second kappa shape index (κ2) is 9.07. The summed E-state index contributed by atoms with van der Waals surface area (Å²) in [5.41, 5.74) is 7.99. The molecule has 0 amide bonds. The number of fused-ring (bicyclic) bond motifs is 12. The average molecular weight is 622 g/mol. The fourth-order valence-corrected chi connectivity index (χ4v) is 9.90. The molecule has 0 N–H and O–H groups in total. The molecule has 0 aliphatic carbocycles. The van der Waals surface area contributed by atoms with Gasteiger partial charge in [-0.15, -0.1) is 22.7 Å². The van der Waals surface area contributed by atoms with Gasteiger partial charge in [-0.3, -0.25) is 0 Å². The molecule has 0 saturated carbocycles. The summed E-state index contributed by atoms with van der Waals surface area (Å²) in [4.78, 5) is 0. The quantitative estimate of drug-likeness (QED) is 0.188. The van der Waals surface area contributed by atoms with Crippen molar-refractivity contribution in [3.05, 3.63) is 140 Å². The van der Waals surface area contributed by atoms with Crippen LogP contribution in [0.2, 0.25) is 0 Å². The normalized spacial score (nSPS) is 12.3. The Hall–Kier alpha value is -5.42. The molecule has 0 spiro atoms. The molecule has 7 aromatic carbocycles. The second-order valence-corrected chi connectivity index (χ2v) is 14.2. The summed E-state index contributed by atoms with van der Waals surface area (Å²) < 4.78 is 14.0. The Morgan fingerprint density at radius 3 is 2.13 bits per heavy atom. The van der Waals surface area contributed by atoms with Crippen molar-refractivity contribution < 1.29 is 4.42 Å². The number of nitrogens with zero attached hydrogens (tertiary/aromatic N) is 1. The van der Waals surface area contributed by atoms with Crippen molar-refractivity contribution in [3.63, 3.8) is 0 Å². The van der Waals surface area contributed by atoms with Gasteiger partial charge in [0.1, 0.15) is 11.2 Å². The van der Waals surface area contributed by atoms with Gasteiger partial charge in [0.25, 0.3) is 0 Å². The zero-order valence-corrected chi connectivity index (χ0v) is 26.1. The lowest BCUT2D eigenvalue weighted by Gasteiger charge is -2.09. The smallest absolute Gasteiger partial charge is 0.136 e. The van der Waals surface area contributed by atoms with Crippen LogP contribution in [0, 0.1) is 0 Å². The summed E-state index contributed by atoms with van der Waals surface area (Å²) in [6.45, 7) is 0. The first-order valence-electron chi connectivity index (χ1n) is 15.5. The summed E-state index contributed by atoms with van der Waals surface area (Å²) in [7, 11) is 0. The van der Waals surface area contributed by atoms with Crippen molar-refractivity contribution in [3.8, 4) is 16.8 Å². The zero-order chi connectivity index (χ0) is 29.9. The Morgan fingerprint density at radius 1 is 0.435 bits per heavy atom. The van der Waals surface area contributed by atoms with E-state index < -0.39 is 0 Å². The molecule has 4 heterocycles. The number of hydrogen-bond acceptors (Lipinski definition) is 3. The lowest BCUT2D eigenvalue weighted by molar-refractivity contribution is 0.669. The summed E-state index contributed by atoms with van der Waals surface area (Å²) >= 11 is 3.77. The van der Waals surface area contributed by atoms with E-state index in [4.69, 9.17) is 4.42 Å². The molecule has 0 fully saturated rings. The third-order valence-electron chi connectivity index (χ3n) is 9.60. The van der Waals surface area contributed by atoms with Crippen LogP contribution in [0.3, 0.4) is 0 Å². The van der Waals surface area contributed by atoms with Crippen LogP contribution in [-0.2, 0) is 0 Å². The fraction of sp³-hybridized carbons (Fsp3) is 0. The van der Waals surface area contributed by atoms with Gasteiger partial charge in [-0.25, -0.2) is 0 Å². The Bertz CT molecular complexity index is 3040. The van der Waals surface area contributed by atoms with Crippen LogP contribution in [-0.4, -0.2) is 4.57 Å². The summed E-state index contributed by atoms with van der Waals surface area (Å²) in [5.74, 6) is 0. The van der Waals surface area contributed by atoms with Gasteiger partial charge in [-0.05, 0) is 65.7 Å². The van der Waals surface area contributed by atoms with Gasteiger partial charge < -0.3 is 8.98 Å². The highest BCUT2D eigenvalue weighted by atomic mass is 32.1. The van der Waals surface area contributed by atoms with Crippen molar-refractivity contribution in [1.82, 2.24) is 4.57 Å². The number of thiophene rings is 2. The Kier molecular flexibility index (Phi) is 4.90. The molecule has 0 aliphatic rings. The van der Waals surface area contributed by atoms with Gasteiger partial charge in [0.15, 0.2) is 0 Å². The number of rotatable bonds is 2. The van der Waals surface area contributed by atoms with E-state index in [1.54, 1.807) is 0 Å². The highest BCUT2D eigenvalue weighted by Gasteiger charge is 2.19. The molecule has 11 rings (SSSR count). The first kappa shape index (κ1) is 24.8. The minimum absolute atomic E-state index is 0.926. The van der Waals surface area contributed by atoms with E-state index in [1.807, 2.05) is 28.7 Å². The topological polar surface area (TPSA) is 18.1 Å². The van der Waals surface area contributed by atoms with Gasteiger partial charge in [-0.1, -0.05) is 84.9 Å². The lowest BCUT2D eigenvalue weighted by atomic mass is 9.98. The van der Waals surface area contributed by atoms with Crippen LogP contribution in [0.25, 0.3) is 101 Å². The molecule has 0 unspecified atom stereocenters. The van der Waals surface area contributed by atoms with E-state index in [9.17, 15) is 0 Å². The zero-order valence-electron chi connectivity index (χ0n) is 24.5. The van der Waals surface area contributed by atoms with Crippen molar-refractivity contribution in [1.29, 1.82) is 0 Å². The SMILES string of the molecule is c1ccc2c(c1)oc1cccc(-c3ccc4sc5c(-n6c7ccccc7c7cc8c(cc76)sc6ccccc68)cccc5c4c3)c12. The van der Waals surface area contributed by atoms with Gasteiger partial charge in [0.05, 0.1) is 21.4 Å².